The number of nitrogens with one attached hydrogen (secondary N) is 2. The molecule has 1 rings (SSSR count). The molecular formula is C19H28N2O4. The number of carbonyl (C=O) groups is 3. The standard InChI is InChI=1S/C19H28N2O4/c1-5-6-7-15(18(24)25)21-17(23)14-10-8-13(9-11-14)16(22)20-12-19(2,3)4/h8-11,15H,5-7,12H2,1-4H3,(H,20,22)(H,21,23)(H,24,25)/t15-/m0/s1. The van der Waals surface area contributed by atoms with Crippen molar-refractivity contribution >= 4 is 17.8 Å². The first-order chi connectivity index (χ1) is 11.6. The molecule has 0 bridgehead atoms. The molecule has 3 N–H and O–H groups in total. The maximum Gasteiger partial charge on any atom is 0.326 e. The average molecular weight is 348 g/mol. The van der Waals surface area contributed by atoms with Gasteiger partial charge in [0.25, 0.3) is 11.8 Å². The van der Waals surface area contributed by atoms with Gasteiger partial charge in [-0.2, -0.15) is 0 Å². The van der Waals surface area contributed by atoms with Gasteiger partial charge in [0.1, 0.15) is 6.04 Å². The van der Waals surface area contributed by atoms with Gasteiger partial charge in [-0.3, -0.25) is 9.59 Å². The summed E-state index contributed by atoms with van der Waals surface area (Å²) in [7, 11) is 0. The van der Waals surface area contributed by atoms with Crippen LogP contribution in [0.2, 0.25) is 0 Å². The van der Waals surface area contributed by atoms with Crippen molar-refractivity contribution in [3.63, 3.8) is 0 Å². The van der Waals surface area contributed by atoms with E-state index in [0.29, 0.717) is 24.1 Å². The molecule has 0 aliphatic heterocycles. The first-order valence-electron chi connectivity index (χ1n) is 8.56. The fraction of sp³-hybridized carbons (Fsp3) is 0.526. The monoisotopic (exact) mass is 348 g/mol. The van der Waals surface area contributed by atoms with Gasteiger partial charge in [-0.15, -0.1) is 0 Å². The minimum absolute atomic E-state index is 0.0141. The van der Waals surface area contributed by atoms with Gasteiger partial charge in [0.2, 0.25) is 0 Å². The van der Waals surface area contributed by atoms with Crippen LogP contribution < -0.4 is 10.6 Å². The summed E-state index contributed by atoms with van der Waals surface area (Å²) < 4.78 is 0. The fourth-order valence-electron chi connectivity index (χ4n) is 2.13. The molecule has 2 amide bonds. The molecule has 0 aliphatic carbocycles. The first kappa shape index (κ1) is 20.7. The zero-order chi connectivity index (χ0) is 19.0. The van der Waals surface area contributed by atoms with Crippen LogP contribution in [0.3, 0.4) is 0 Å². The van der Waals surface area contributed by atoms with Gasteiger partial charge < -0.3 is 15.7 Å². The van der Waals surface area contributed by atoms with Crippen LogP contribution in [0.4, 0.5) is 0 Å². The van der Waals surface area contributed by atoms with Gasteiger partial charge in [-0.1, -0.05) is 40.5 Å². The molecular weight excluding hydrogens is 320 g/mol. The van der Waals surface area contributed by atoms with Crippen LogP contribution in [0.1, 0.15) is 67.7 Å². The molecule has 0 radical (unpaired) electrons. The van der Waals surface area contributed by atoms with Crippen molar-refractivity contribution in [2.45, 2.75) is 53.0 Å². The number of unbranched alkanes of at least 4 members (excludes halogenated alkanes) is 1. The lowest BCUT2D eigenvalue weighted by molar-refractivity contribution is -0.139. The van der Waals surface area contributed by atoms with Gasteiger partial charge >= 0.3 is 5.97 Å². The first-order valence-corrected chi connectivity index (χ1v) is 8.56. The Morgan fingerprint density at radius 3 is 2.00 bits per heavy atom. The second-order valence-electron chi connectivity index (χ2n) is 7.33. The second kappa shape index (κ2) is 9.20. The largest absolute Gasteiger partial charge is 0.480 e. The summed E-state index contributed by atoms with van der Waals surface area (Å²) in [5.41, 5.74) is 0.775. The van der Waals surface area contributed by atoms with Crippen LogP contribution in [0, 0.1) is 5.41 Å². The van der Waals surface area contributed by atoms with E-state index in [1.807, 2.05) is 27.7 Å². The van der Waals surface area contributed by atoms with Crippen molar-refractivity contribution in [1.29, 1.82) is 0 Å². The number of aliphatic carboxylic acids is 1. The Bertz CT molecular complexity index is 603. The predicted octanol–water partition coefficient (Wildman–Crippen LogP) is 2.84. The Morgan fingerprint density at radius 1 is 1.04 bits per heavy atom. The predicted molar refractivity (Wildman–Crippen MR) is 96.6 cm³/mol. The van der Waals surface area contributed by atoms with Crippen molar-refractivity contribution < 1.29 is 19.5 Å². The van der Waals surface area contributed by atoms with E-state index >= 15 is 0 Å². The number of carboxylic acids is 1. The van der Waals surface area contributed by atoms with Crippen LogP contribution in [0.15, 0.2) is 24.3 Å². The van der Waals surface area contributed by atoms with E-state index in [4.69, 9.17) is 5.11 Å². The van der Waals surface area contributed by atoms with Crippen LogP contribution >= 0.6 is 0 Å². The van der Waals surface area contributed by atoms with E-state index in [1.54, 1.807) is 12.1 Å². The molecule has 0 aromatic heterocycles. The highest BCUT2D eigenvalue weighted by molar-refractivity contribution is 5.99. The van der Waals surface area contributed by atoms with E-state index in [0.717, 1.165) is 12.8 Å². The molecule has 1 aromatic rings. The molecule has 0 unspecified atom stereocenters. The number of carbonyl (C=O) groups excluding carboxylic acids is 2. The highest BCUT2D eigenvalue weighted by Gasteiger charge is 2.20. The number of benzene rings is 1. The fourth-order valence-corrected chi connectivity index (χ4v) is 2.13. The third-order valence-corrected chi connectivity index (χ3v) is 3.64. The minimum Gasteiger partial charge on any atom is -0.480 e. The molecule has 1 aromatic carbocycles. The molecule has 1 atom stereocenters. The summed E-state index contributed by atoms with van der Waals surface area (Å²) >= 11 is 0. The lowest BCUT2D eigenvalue weighted by Crippen LogP contribution is -2.40. The van der Waals surface area contributed by atoms with Crippen LogP contribution in [-0.2, 0) is 4.79 Å². The van der Waals surface area contributed by atoms with E-state index in [-0.39, 0.29) is 11.3 Å². The molecule has 25 heavy (non-hydrogen) atoms. The van der Waals surface area contributed by atoms with Crippen molar-refractivity contribution in [3.8, 4) is 0 Å². The highest BCUT2D eigenvalue weighted by atomic mass is 16.4. The molecule has 6 nitrogen and oxygen atoms in total. The van der Waals surface area contributed by atoms with Gasteiger partial charge in [-0.25, -0.2) is 4.79 Å². The number of hydrogen-bond donors (Lipinski definition) is 3. The number of carboxylic acid groups (broad SMARTS) is 1. The maximum absolute atomic E-state index is 12.2. The normalized spacial score (nSPS) is 12.3. The maximum atomic E-state index is 12.2. The van der Waals surface area contributed by atoms with Crippen molar-refractivity contribution in [2.75, 3.05) is 6.54 Å². The third-order valence-electron chi connectivity index (χ3n) is 3.64. The summed E-state index contributed by atoms with van der Waals surface area (Å²) in [4.78, 5) is 35.5. The Morgan fingerprint density at radius 2 is 1.56 bits per heavy atom. The summed E-state index contributed by atoms with van der Waals surface area (Å²) in [6.07, 6.45) is 1.98. The molecule has 0 heterocycles. The lowest BCUT2D eigenvalue weighted by atomic mass is 9.97. The molecule has 0 fully saturated rings. The average Bonchev–Trinajstić information content (AvgIpc) is 2.55. The van der Waals surface area contributed by atoms with Gasteiger partial charge in [0, 0.05) is 17.7 Å². The minimum atomic E-state index is -1.04. The molecule has 0 saturated carbocycles. The lowest BCUT2D eigenvalue weighted by Gasteiger charge is -2.18. The van der Waals surface area contributed by atoms with E-state index in [1.165, 1.54) is 12.1 Å². The SMILES string of the molecule is CCCC[C@H](NC(=O)c1ccc(C(=O)NCC(C)(C)C)cc1)C(=O)O. The summed E-state index contributed by atoms with van der Waals surface area (Å²) in [5.74, 6) is -1.70. The van der Waals surface area contributed by atoms with Crippen LogP contribution in [0.25, 0.3) is 0 Å². The Balaban J connectivity index is 2.69. The molecule has 0 aliphatic rings. The van der Waals surface area contributed by atoms with Gasteiger partial charge in [-0.05, 0) is 36.1 Å². The van der Waals surface area contributed by atoms with Gasteiger partial charge in [0.15, 0.2) is 0 Å². The van der Waals surface area contributed by atoms with Crippen molar-refractivity contribution in [1.82, 2.24) is 10.6 Å². The Hall–Kier alpha value is -2.37. The number of hydrogen-bond acceptors (Lipinski definition) is 3. The second-order valence-corrected chi connectivity index (χ2v) is 7.33. The Labute approximate surface area is 149 Å². The van der Waals surface area contributed by atoms with Crippen molar-refractivity contribution in [2.24, 2.45) is 5.41 Å². The topological polar surface area (TPSA) is 95.5 Å². The van der Waals surface area contributed by atoms with E-state index < -0.39 is 17.9 Å². The summed E-state index contributed by atoms with van der Waals surface area (Å²) in [5, 5.41) is 14.5. The zero-order valence-electron chi connectivity index (χ0n) is 15.4. The number of amides is 2. The van der Waals surface area contributed by atoms with E-state index in [2.05, 4.69) is 10.6 Å². The van der Waals surface area contributed by atoms with Gasteiger partial charge in [0.05, 0.1) is 0 Å². The van der Waals surface area contributed by atoms with Crippen molar-refractivity contribution in [3.05, 3.63) is 35.4 Å². The molecule has 0 spiro atoms. The zero-order valence-corrected chi connectivity index (χ0v) is 15.4. The molecule has 6 heteroatoms. The Kier molecular flexibility index (Phi) is 7.61. The van der Waals surface area contributed by atoms with Crippen LogP contribution in [0.5, 0.6) is 0 Å². The third kappa shape index (κ3) is 7.37. The van der Waals surface area contributed by atoms with E-state index in [9.17, 15) is 14.4 Å². The summed E-state index contributed by atoms with van der Waals surface area (Å²) in [6.45, 7) is 8.59. The quantitative estimate of drug-likeness (QED) is 0.673. The summed E-state index contributed by atoms with van der Waals surface area (Å²) in [6, 6.07) is 5.28. The smallest absolute Gasteiger partial charge is 0.326 e. The number of rotatable bonds is 8. The molecule has 138 valence electrons. The highest BCUT2D eigenvalue weighted by Crippen LogP contribution is 2.11. The van der Waals surface area contributed by atoms with Crippen LogP contribution in [-0.4, -0.2) is 35.5 Å². The molecule has 0 saturated heterocycles.